The lowest BCUT2D eigenvalue weighted by molar-refractivity contribution is -0.120. The highest BCUT2D eigenvalue weighted by atomic mass is 31.2. The third-order valence-electron chi connectivity index (χ3n) is 2.80. The molecule has 0 saturated carbocycles. The van der Waals surface area contributed by atoms with Crippen LogP contribution >= 0.6 is 7.60 Å². The minimum atomic E-state index is -4.30. The zero-order valence-electron chi connectivity index (χ0n) is 8.96. The molecule has 0 radical (unpaired) electrons. The van der Waals surface area contributed by atoms with Gasteiger partial charge in [-0.15, -0.1) is 0 Å². The Morgan fingerprint density at radius 1 is 1.47 bits per heavy atom. The zero-order valence-corrected chi connectivity index (χ0v) is 9.85. The first kappa shape index (κ1) is 12.3. The van der Waals surface area contributed by atoms with Crippen molar-refractivity contribution in [3.8, 4) is 0 Å². The first-order chi connectivity index (χ1) is 7.89. The molecule has 1 heterocycles. The monoisotopic (exact) mass is 256 g/mol. The molecule has 7 heteroatoms. The summed E-state index contributed by atoms with van der Waals surface area (Å²) in [6.45, 7) is 0.621. The molecular weight excluding hydrogens is 243 g/mol. The van der Waals surface area contributed by atoms with E-state index in [1.165, 1.54) is 12.1 Å². The molecular formula is C10H13N2O4P. The van der Waals surface area contributed by atoms with Gasteiger partial charge in [0.05, 0.1) is 5.30 Å². The number of fused-ring (bicyclic) bond motifs is 1. The molecule has 5 N–H and O–H groups in total. The summed E-state index contributed by atoms with van der Waals surface area (Å²) >= 11 is 0. The van der Waals surface area contributed by atoms with Crippen molar-refractivity contribution in [3.05, 3.63) is 29.3 Å². The summed E-state index contributed by atoms with van der Waals surface area (Å²) < 4.78 is 11.2. The van der Waals surface area contributed by atoms with Crippen LogP contribution in [0.4, 0.5) is 0 Å². The number of nitrogens with two attached hydrogens (primary N) is 1. The molecule has 1 atom stereocenters. The van der Waals surface area contributed by atoms with Gasteiger partial charge >= 0.3 is 7.60 Å². The molecule has 0 fully saturated rings. The average molecular weight is 256 g/mol. The van der Waals surface area contributed by atoms with Crippen LogP contribution in [-0.4, -0.2) is 22.2 Å². The largest absolute Gasteiger partial charge is 0.368 e. The van der Waals surface area contributed by atoms with Crippen LogP contribution in [0.2, 0.25) is 0 Å². The highest BCUT2D eigenvalue weighted by Gasteiger charge is 2.27. The number of hydrogen-bond donors (Lipinski definition) is 4. The van der Waals surface area contributed by atoms with Crippen molar-refractivity contribution in [2.75, 3.05) is 6.54 Å². The second kappa shape index (κ2) is 4.23. The highest BCUT2D eigenvalue weighted by molar-refractivity contribution is 7.60. The van der Waals surface area contributed by atoms with E-state index in [2.05, 4.69) is 5.32 Å². The SMILES string of the molecule is NC(=O)C1NCCc2ccc(P(=O)(O)O)cc21. The van der Waals surface area contributed by atoms with Crippen LogP contribution in [0.25, 0.3) is 0 Å². The van der Waals surface area contributed by atoms with Crippen LogP contribution in [0.5, 0.6) is 0 Å². The molecule has 1 aliphatic heterocycles. The number of rotatable bonds is 2. The summed E-state index contributed by atoms with van der Waals surface area (Å²) in [7, 11) is -4.30. The van der Waals surface area contributed by atoms with E-state index >= 15 is 0 Å². The summed E-state index contributed by atoms with van der Waals surface area (Å²) in [5, 5.41) is 2.83. The molecule has 1 aromatic carbocycles. The van der Waals surface area contributed by atoms with E-state index in [9.17, 15) is 9.36 Å². The molecule has 0 saturated heterocycles. The van der Waals surface area contributed by atoms with Crippen LogP contribution < -0.4 is 16.4 Å². The Labute approximate surface area is 98.0 Å². The molecule has 17 heavy (non-hydrogen) atoms. The normalized spacial score (nSPS) is 19.8. The Morgan fingerprint density at radius 3 is 2.76 bits per heavy atom. The van der Waals surface area contributed by atoms with E-state index in [4.69, 9.17) is 15.5 Å². The number of primary amides is 1. The van der Waals surface area contributed by atoms with Crippen molar-refractivity contribution in [2.24, 2.45) is 5.73 Å². The lowest BCUT2D eigenvalue weighted by atomic mass is 9.94. The summed E-state index contributed by atoms with van der Waals surface area (Å²) in [5.74, 6) is -0.547. The predicted octanol–water partition coefficient (Wildman–Crippen LogP) is -0.838. The van der Waals surface area contributed by atoms with Gasteiger partial charge in [0.15, 0.2) is 0 Å². The predicted molar refractivity (Wildman–Crippen MR) is 61.8 cm³/mol. The van der Waals surface area contributed by atoms with Crippen molar-refractivity contribution < 1.29 is 19.1 Å². The van der Waals surface area contributed by atoms with Crippen LogP contribution in [0, 0.1) is 0 Å². The number of amides is 1. The number of carbonyl (C=O) groups excluding carboxylic acids is 1. The van der Waals surface area contributed by atoms with E-state index in [0.29, 0.717) is 18.5 Å². The van der Waals surface area contributed by atoms with Gasteiger partial charge in [-0.1, -0.05) is 6.07 Å². The van der Waals surface area contributed by atoms with Crippen LogP contribution in [0.15, 0.2) is 18.2 Å². The Hall–Kier alpha value is -1.20. The quantitative estimate of drug-likeness (QED) is 0.515. The van der Waals surface area contributed by atoms with Gasteiger partial charge in [-0.05, 0) is 29.7 Å². The van der Waals surface area contributed by atoms with E-state index in [1.807, 2.05) is 0 Å². The lowest BCUT2D eigenvalue weighted by Gasteiger charge is -2.25. The fourth-order valence-electron chi connectivity index (χ4n) is 1.97. The third-order valence-corrected chi connectivity index (χ3v) is 3.75. The van der Waals surface area contributed by atoms with Gasteiger partial charge in [0.1, 0.15) is 6.04 Å². The molecule has 6 nitrogen and oxygen atoms in total. The van der Waals surface area contributed by atoms with Crippen LogP contribution in [-0.2, 0) is 15.8 Å². The van der Waals surface area contributed by atoms with E-state index < -0.39 is 19.5 Å². The Bertz CT molecular complexity index is 511. The standard InChI is InChI=1S/C10H13N2O4P/c11-10(13)9-8-5-7(17(14,15)16)2-1-6(8)3-4-12-9/h1-2,5,9,12H,3-4H2,(H2,11,13)(H2,14,15,16). The molecule has 1 unspecified atom stereocenters. The van der Waals surface area contributed by atoms with Crippen molar-refractivity contribution in [1.82, 2.24) is 5.32 Å². The summed E-state index contributed by atoms with van der Waals surface area (Å²) in [6.07, 6.45) is 0.709. The molecule has 0 bridgehead atoms. The minimum Gasteiger partial charge on any atom is -0.368 e. The Kier molecular flexibility index (Phi) is 3.05. The summed E-state index contributed by atoms with van der Waals surface area (Å²) in [4.78, 5) is 29.4. The Balaban J connectivity index is 2.52. The minimum absolute atomic E-state index is 0.0915. The molecule has 0 aromatic heterocycles. The highest BCUT2D eigenvalue weighted by Crippen LogP contribution is 2.35. The molecule has 92 valence electrons. The van der Waals surface area contributed by atoms with E-state index in [1.54, 1.807) is 6.07 Å². The average Bonchev–Trinajstić information content (AvgIpc) is 2.26. The van der Waals surface area contributed by atoms with Crippen LogP contribution in [0.3, 0.4) is 0 Å². The first-order valence-corrected chi connectivity index (χ1v) is 6.72. The second-order valence-corrected chi connectivity index (χ2v) is 5.57. The Morgan fingerprint density at radius 2 is 2.18 bits per heavy atom. The molecule has 1 amide bonds. The van der Waals surface area contributed by atoms with Gasteiger partial charge in [0.25, 0.3) is 0 Å². The molecule has 1 aliphatic rings. The van der Waals surface area contributed by atoms with Crippen molar-refractivity contribution >= 4 is 18.8 Å². The first-order valence-electron chi connectivity index (χ1n) is 5.11. The van der Waals surface area contributed by atoms with E-state index in [0.717, 1.165) is 5.56 Å². The lowest BCUT2D eigenvalue weighted by Crippen LogP contribution is -2.39. The van der Waals surface area contributed by atoms with Crippen molar-refractivity contribution in [2.45, 2.75) is 12.5 Å². The fraction of sp³-hybridized carbons (Fsp3) is 0.300. The van der Waals surface area contributed by atoms with Gasteiger partial charge in [0, 0.05) is 6.54 Å². The smallest absolute Gasteiger partial charge is 0.356 e. The third kappa shape index (κ3) is 2.40. The zero-order chi connectivity index (χ0) is 12.6. The summed E-state index contributed by atoms with van der Waals surface area (Å²) in [5.41, 5.74) is 6.70. The van der Waals surface area contributed by atoms with Gasteiger partial charge < -0.3 is 20.8 Å². The van der Waals surface area contributed by atoms with E-state index in [-0.39, 0.29) is 5.30 Å². The number of hydrogen-bond acceptors (Lipinski definition) is 3. The number of nitrogens with one attached hydrogen (secondary N) is 1. The molecule has 2 rings (SSSR count). The van der Waals surface area contributed by atoms with Gasteiger partial charge in [-0.2, -0.15) is 0 Å². The van der Waals surface area contributed by atoms with Crippen molar-refractivity contribution in [1.29, 1.82) is 0 Å². The maximum atomic E-state index is 11.2. The topological polar surface area (TPSA) is 113 Å². The van der Waals surface area contributed by atoms with Gasteiger partial charge in [0.2, 0.25) is 5.91 Å². The second-order valence-electron chi connectivity index (χ2n) is 3.97. The maximum Gasteiger partial charge on any atom is 0.356 e. The maximum absolute atomic E-state index is 11.2. The van der Waals surface area contributed by atoms with Gasteiger partial charge in [-0.3, -0.25) is 9.36 Å². The summed E-state index contributed by atoms with van der Waals surface area (Å²) in [6, 6.07) is 3.71. The molecule has 0 aliphatic carbocycles. The number of benzene rings is 1. The fourth-order valence-corrected chi connectivity index (χ4v) is 2.55. The van der Waals surface area contributed by atoms with Crippen molar-refractivity contribution in [3.63, 3.8) is 0 Å². The molecule has 0 spiro atoms. The molecule has 1 aromatic rings. The number of carbonyl (C=O) groups is 1. The van der Waals surface area contributed by atoms with Crippen LogP contribution in [0.1, 0.15) is 17.2 Å². The van der Waals surface area contributed by atoms with Gasteiger partial charge in [-0.25, -0.2) is 0 Å².